The summed E-state index contributed by atoms with van der Waals surface area (Å²) < 4.78 is 17.2. The second-order valence-corrected chi connectivity index (χ2v) is 4.39. The lowest BCUT2D eigenvalue weighted by Gasteiger charge is -2.29. The van der Waals surface area contributed by atoms with E-state index in [-0.39, 0.29) is 6.10 Å². The molecule has 92 valence electrons. The van der Waals surface area contributed by atoms with Gasteiger partial charge in [0, 0.05) is 18.7 Å². The highest BCUT2D eigenvalue weighted by Gasteiger charge is 2.25. The van der Waals surface area contributed by atoms with Gasteiger partial charge >= 0.3 is 0 Å². The number of ether oxygens (including phenoxy) is 3. The Kier molecular flexibility index (Phi) is 2.91. The van der Waals surface area contributed by atoms with E-state index < -0.39 is 0 Å². The molecule has 0 radical (unpaired) electrons. The first-order chi connectivity index (χ1) is 8.36. The van der Waals surface area contributed by atoms with Crippen molar-refractivity contribution in [3.8, 4) is 11.5 Å². The lowest BCUT2D eigenvalue weighted by atomic mass is 10.0. The van der Waals surface area contributed by atoms with Gasteiger partial charge in [-0.1, -0.05) is 12.1 Å². The Hall–Kier alpha value is -1.26. The van der Waals surface area contributed by atoms with Crippen molar-refractivity contribution < 1.29 is 14.2 Å². The number of rotatable bonds is 1. The average Bonchev–Trinajstić information content (AvgIpc) is 2.41. The lowest BCUT2D eigenvalue weighted by Crippen LogP contribution is -2.34. The molecule has 4 nitrogen and oxygen atoms in total. The molecule has 1 aromatic carbocycles. The van der Waals surface area contributed by atoms with E-state index in [0.29, 0.717) is 13.2 Å². The molecule has 0 amide bonds. The Labute approximate surface area is 101 Å². The van der Waals surface area contributed by atoms with Crippen LogP contribution in [0.25, 0.3) is 0 Å². The summed E-state index contributed by atoms with van der Waals surface area (Å²) in [5.74, 6) is 1.74. The van der Waals surface area contributed by atoms with E-state index in [1.165, 1.54) is 0 Å². The normalized spacial score (nSPS) is 23.5. The molecule has 2 aliphatic rings. The van der Waals surface area contributed by atoms with Gasteiger partial charge in [-0.05, 0) is 12.5 Å². The van der Waals surface area contributed by atoms with Crippen molar-refractivity contribution in [2.24, 2.45) is 0 Å². The van der Waals surface area contributed by atoms with Crippen molar-refractivity contribution in [1.29, 1.82) is 0 Å². The highest BCUT2D eigenvalue weighted by molar-refractivity contribution is 5.53. The van der Waals surface area contributed by atoms with E-state index in [4.69, 9.17) is 14.2 Å². The number of benzene rings is 1. The van der Waals surface area contributed by atoms with Gasteiger partial charge in [0.25, 0.3) is 0 Å². The first-order valence-electron chi connectivity index (χ1n) is 6.07. The van der Waals surface area contributed by atoms with Gasteiger partial charge in [-0.2, -0.15) is 0 Å². The summed E-state index contributed by atoms with van der Waals surface area (Å²) in [6, 6.07) is 4.15. The summed E-state index contributed by atoms with van der Waals surface area (Å²) in [5.41, 5.74) is 2.21. The zero-order valence-electron chi connectivity index (χ0n) is 9.99. The number of hydrogen-bond donors (Lipinski definition) is 1. The van der Waals surface area contributed by atoms with Crippen LogP contribution in [0, 0.1) is 6.92 Å². The summed E-state index contributed by atoms with van der Waals surface area (Å²) in [7, 11) is 0. The summed E-state index contributed by atoms with van der Waals surface area (Å²) in [4.78, 5) is 0. The Bertz CT molecular complexity index is 413. The van der Waals surface area contributed by atoms with Crippen LogP contribution in [0.15, 0.2) is 12.1 Å². The predicted molar refractivity (Wildman–Crippen MR) is 63.7 cm³/mol. The molecule has 1 unspecified atom stereocenters. The third-order valence-electron chi connectivity index (χ3n) is 3.19. The van der Waals surface area contributed by atoms with Gasteiger partial charge in [0.1, 0.15) is 13.2 Å². The SMILES string of the molecule is Cc1ccc(C2CNCCO2)c2c1OCCO2. The molecule has 0 saturated carbocycles. The van der Waals surface area contributed by atoms with Crippen molar-refractivity contribution in [3.05, 3.63) is 23.3 Å². The maximum absolute atomic E-state index is 5.77. The van der Waals surface area contributed by atoms with E-state index in [1.54, 1.807) is 0 Å². The van der Waals surface area contributed by atoms with Crippen LogP contribution in [0.2, 0.25) is 0 Å². The van der Waals surface area contributed by atoms with E-state index in [9.17, 15) is 0 Å². The zero-order chi connectivity index (χ0) is 11.7. The molecular formula is C13H17NO3. The van der Waals surface area contributed by atoms with Crippen LogP contribution < -0.4 is 14.8 Å². The quantitative estimate of drug-likeness (QED) is 0.799. The Balaban J connectivity index is 1.98. The fourth-order valence-electron chi connectivity index (χ4n) is 2.31. The van der Waals surface area contributed by atoms with Crippen molar-refractivity contribution in [3.63, 3.8) is 0 Å². The second kappa shape index (κ2) is 4.55. The minimum atomic E-state index is 0.0693. The number of aryl methyl sites for hydroxylation is 1. The summed E-state index contributed by atoms with van der Waals surface area (Å²) >= 11 is 0. The Morgan fingerprint density at radius 2 is 1.94 bits per heavy atom. The van der Waals surface area contributed by atoms with Crippen LogP contribution in [0.3, 0.4) is 0 Å². The standard InChI is InChI=1S/C13H17NO3/c1-9-2-3-10(11-8-14-4-5-15-11)13-12(9)16-6-7-17-13/h2-3,11,14H,4-8H2,1H3. The molecule has 1 fully saturated rings. The number of hydrogen-bond acceptors (Lipinski definition) is 4. The summed E-state index contributed by atoms with van der Waals surface area (Å²) in [6.45, 7) is 5.77. The largest absolute Gasteiger partial charge is 0.486 e. The molecule has 0 aliphatic carbocycles. The average molecular weight is 235 g/mol. The van der Waals surface area contributed by atoms with E-state index in [1.807, 2.05) is 6.92 Å². The molecule has 0 bridgehead atoms. The van der Waals surface area contributed by atoms with Crippen LogP contribution in [-0.4, -0.2) is 32.9 Å². The van der Waals surface area contributed by atoms with E-state index >= 15 is 0 Å². The Morgan fingerprint density at radius 3 is 2.71 bits per heavy atom. The van der Waals surface area contributed by atoms with Gasteiger partial charge in [0.05, 0.1) is 12.7 Å². The lowest BCUT2D eigenvalue weighted by molar-refractivity contribution is 0.0244. The molecule has 1 saturated heterocycles. The Morgan fingerprint density at radius 1 is 1.12 bits per heavy atom. The molecule has 1 N–H and O–H groups in total. The minimum Gasteiger partial charge on any atom is -0.486 e. The molecule has 2 aliphatic heterocycles. The zero-order valence-corrected chi connectivity index (χ0v) is 9.99. The highest BCUT2D eigenvalue weighted by Crippen LogP contribution is 2.40. The van der Waals surface area contributed by atoms with Crippen molar-refractivity contribution >= 4 is 0 Å². The highest BCUT2D eigenvalue weighted by atomic mass is 16.6. The molecule has 0 spiro atoms. The van der Waals surface area contributed by atoms with Crippen molar-refractivity contribution in [2.45, 2.75) is 13.0 Å². The fourth-order valence-corrected chi connectivity index (χ4v) is 2.31. The molecule has 17 heavy (non-hydrogen) atoms. The van der Waals surface area contributed by atoms with E-state index in [2.05, 4.69) is 17.4 Å². The van der Waals surface area contributed by atoms with Crippen LogP contribution in [0.5, 0.6) is 11.5 Å². The number of morpholine rings is 1. The van der Waals surface area contributed by atoms with Gasteiger partial charge in [0.2, 0.25) is 0 Å². The van der Waals surface area contributed by atoms with Crippen LogP contribution in [0.1, 0.15) is 17.2 Å². The molecule has 1 aromatic rings. The molecule has 0 aromatic heterocycles. The first kappa shape index (κ1) is 10.9. The first-order valence-corrected chi connectivity index (χ1v) is 6.07. The maximum Gasteiger partial charge on any atom is 0.167 e. The molecule has 3 rings (SSSR count). The molecule has 1 atom stereocenters. The van der Waals surface area contributed by atoms with Gasteiger partial charge in [-0.3, -0.25) is 0 Å². The third-order valence-corrected chi connectivity index (χ3v) is 3.19. The maximum atomic E-state index is 5.77. The van der Waals surface area contributed by atoms with Crippen molar-refractivity contribution in [1.82, 2.24) is 5.32 Å². The number of fused-ring (bicyclic) bond motifs is 1. The molecule has 4 heteroatoms. The third kappa shape index (κ3) is 1.98. The van der Waals surface area contributed by atoms with Gasteiger partial charge in [0.15, 0.2) is 11.5 Å². The fraction of sp³-hybridized carbons (Fsp3) is 0.538. The van der Waals surface area contributed by atoms with Crippen LogP contribution in [-0.2, 0) is 4.74 Å². The smallest absolute Gasteiger partial charge is 0.167 e. The topological polar surface area (TPSA) is 39.7 Å². The van der Waals surface area contributed by atoms with Gasteiger partial charge < -0.3 is 19.5 Å². The molecular weight excluding hydrogens is 218 g/mol. The summed E-state index contributed by atoms with van der Waals surface area (Å²) in [5, 5.41) is 3.33. The number of nitrogens with one attached hydrogen (secondary N) is 1. The van der Waals surface area contributed by atoms with Gasteiger partial charge in [-0.15, -0.1) is 0 Å². The summed E-state index contributed by atoms with van der Waals surface area (Å²) in [6.07, 6.45) is 0.0693. The van der Waals surface area contributed by atoms with Gasteiger partial charge in [-0.25, -0.2) is 0 Å². The van der Waals surface area contributed by atoms with E-state index in [0.717, 1.165) is 42.3 Å². The minimum absolute atomic E-state index is 0.0693. The predicted octanol–water partition coefficient (Wildman–Crippen LogP) is 1.43. The molecule has 2 heterocycles. The van der Waals surface area contributed by atoms with Crippen molar-refractivity contribution in [2.75, 3.05) is 32.9 Å². The van der Waals surface area contributed by atoms with Crippen LogP contribution >= 0.6 is 0 Å². The second-order valence-electron chi connectivity index (χ2n) is 4.39. The van der Waals surface area contributed by atoms with Crippen LogP contribution in [0.4, 0.5) is 0 Å². The monoisotopic (exact) mass is 235 g/mol.